The summed E-state index contributed by atoms with van der Waals surface area (Å²) in [4.78, 5) is 42.3. The fourth-order valence-electron chi connectivity index (χ4n) is 2.61. The van der Waals surface area contributed by atoms with Gasteiger partial charge in [-0.2, -0.15) is 13.5 Å². The molecular weight excluding hydrogens is 372 g/mol. The number of nitrogens with two attached hydrogens (primary N) is 1. The van der Waals surface area contributed by atoms with Crippen LogP contribution in [-0.2, 0) is 24.6 Å². The molecule has 0 spiro atoms. The number of amides is 3. The number of carboxylic acids is 1. The Hall–Kier alpha value is -1.69. The molecule has 2 heterocycles. The fourth-order valence-corrected chi connectivity index (χ4v) is 3.08. The van der Waals surface area contributed by atoms with Crippen molar-refractivity contribution >= 4 is 28.1 Å². The number of nitrogens with one attached hydrogen (secondary N) is 1. The van der Waals surface area contributed by atoms with Crippen molar-refractivity contribution in [2.75, 3.05) is 13.6 Å². The first-order valence-corrected chi connectivity index (χ1v) is 8.34. The molecule has 0 unspecified atom stereocenters. The van der Waals surface area contributed by atoms with Crippen LogP contribution in [0.3, 0.4) is 0 Å². The Balaban J connectivity index is 0.00000338. The summed E-state index contributed by atoms with van der Waals surface area (Å²) in [6.45, 7) is 1.41. The zero-order chi connectivity index (χ0) is 19.1. The van der Waals surface area contributed by atoms with E-state index in [0.717, 1.165) is 11.9 Å². The predicted octanol–water partition coefficient (Wildman–Crippen LogP) is -6.43. The Morgan fingerprint density at radius 1 is 1.54 bits per heavy atom. The zero-order valence-corrected chi connectivity index (χ0v) is 14.9. The smallest absolute Gasteiger partial charge is 0.544 e. The van der Waals surface area contributed by atoms with Crippen LogP contribution >= 0.6 is 0 Å². The van der Waals surface area contributed by atoms with Crippen LogP contribution in [0.25, 0.3) is 0 Å². The van der Waals surface area contributed by atoms with Gasteiger partial charge in [0.15, 0.2) is 0 Å². The monoisotopic (exact) mass is 387 g/mol. The van der Waals surface area contributed by atoms with Crippen molar-refractivity contribution in [3.63, 3.8) is 0 Å². The minimum absolute atomic E-state index is 0. The molecular formula is C11H15FLiN5O7S. The number of likely N-dealkylation sites (N-methyl/N-ethyl adjacent to an activating group) is 1. The number of rotatable bonds is 6. The molecule has 0 aromatic heterocycles. The molecule has 12 nitrogen and oxygen atoms in total. The van der Waals surface area contributed by atoms with E-state index in [4.69, 9.17) is 5.14 Å². The molecule has 3 N–H and O–H groups in total. The van der Waals surface area contributed by atoms with Crippen LogP contribution in [0.5, 0.6) is 0 Å². The summed E-state index contributed by atoms with van der Waals surface area (Å²) < 4.78 is 35.2. The van der Waals surface area contributed by atoms with Gasteiger partial charge in [0.1, 0.15) is 12.0 Å². The third-order valence-corrected chi connectivity index (χ3v) is 4.07. The average molecular weight is 387 g/mol. The third-order valence-electron chi connectivity index (χ3n) is 3.54. The maximum Gasteiger partial charge on any atom is 1.00 e. The maximum atomic E-state index is 13.2. The number of alkyl halides is 1. The molecule has 0 aromatic carbocycles. The van der Waals surface area contributed by atoms with Gasteiger partial charge in [-0.15, -0.1) is 4.83 Å². The first-order chi connectivity index (χ1) is 11.4. The molecule has 3 atom stereocenters. The second-order valence-corrected chi connectivity index (χ2v) is 6.69. The molecule has 0 aromatic rings. The van der Waals surface area contributed by atoms with Crippen LogP contribution < -0.4 is 33.9 Å². The van der Waals surface area contributed by atoms with Crippen LogP contribution in [0.15, 0.2) is 11.6 Å². The van der Waals surface area contributed by atoms with Gasteiger partial charge in [-0.3, -0.25) is 9.80 Å². The van der Waals surface area contributed by atoms with E-state index in [9.17, 15) is 32.3 Å². The number of hydrazine groups is 1. The number of aliphatic carboxylic acids is 1. The quantitative estimate of drug-likeness (QED) is 0.260. The number of urea groups is 1. The molecule has 0 saturated carbocycles. The van der Waals surface area contributed by atoms with Crippen molar-refractivity contribution in [3.05, 3.63) is 11.6 Å². The Kier molecular flexibility index (Phi) is 6.79. The number of hydroxylamine groups is 2. The molecule has 140 valence electrons. The normalized spacial score (nSPS) is 23.2. The van der Waals surface area contributed by atoms with Gasteiger partial charge in [0.05, 0.1) is 12.6 Å². The number of fused-ring (bicyclic) bond motifs is 2. The number of carbonyl (C=O) groups is 3. The van der Waals surface area contributed by atoms with Crippen LogP contribution in [0, 0.1) is 0 Å². The molecule has 1 saturated heterocycles. The van der Waals surface area contributed by atoms with Crippen LogP contribution in [0.1, 0.15) is 6.92 Å². The second kappa shape index (κ2) is 7.90. The third kappa shape index (κ3) is 4.53. The van der Waals surface area contributed by atoms with Gasteiger partial charge < -0.3 is 14.8 Å². The van der Waals surface area contributed by atoms with Gasteiger partial charge in [-0.05, 0) is 12.5 Å². The Bertz CT molecular complexity index is 747. The molecule has 15 heteroatoms. The molecule has 0 aliphatic carbocycles. The van der Waals surface area contributed by atoms with E-state index in [0.29, 0.717) is 15.6 Å². The number of nitrogens with zero attached hydrogens (tertiary/aromatic N) is 3. The number of carboxylic acid groups (broad SMARTS) is 1. The van der Waals surface area contributed by atoms with Crippen molar-refractivity contribution in [2.24, 2.45) is 5.14 Å². The van der Waals surface area contributed by atoms with Crippen molar-refractivity contribution in [1.29, 1.82) is 0 Å². The van der Waals surface area contributed by atoms with E-state index in [1.54, 1.807) is 4.83 Å². The summed E-state index contributed by atoms with van der Waals surface area (Å²) in [5, 5.41) is 16.3. The van der Waals surface area contributed by atoms with Crippen molar-refractivity contribution in [2.45, 2.75) is 25.4 Å². The van der Waals surface area contributed by atoms with Crippen LogP contribution in [0.2, 0.25) is 0 Å². The standard InChI is InChI=1S/C11H16FN5O7S.Li/c1-5-3-6-4-16(11(21)17(6)24-8(12)10(19)20)7(5)9(18)15(2)14-25(13,22)23;/h3,6-8,14H,4H2,1-2H3,(H,19,20)(H2,13,22,23);/q;+1/p-1/t6-,7+,8-;/m1./s1. The number of hydrogen-bond acceptors (Lipinski definition) is 7. The van der Waals surface area contributed by atoms with E-state index >= 15 is 0 Å². The number of halogens is 1. The summed E-state index contributed by atoms with van der Waals surface area (Å²) in [5.41, 5.74) is 0.354. The molecule has 1 fully saturated rings. The largest absolute Gasteiger partial charge is 1.00 e. The van der Waals surface area contributed by atoms with Gasteiger partial charge >= 0.3 is 24.9 Å². The summed E-state index contributed by atoms with van der Waals surface area (Å²) >= 11 is 0. The fraction of sp³-hybridized carbons (Fsp3) is 0.545. The second-order valence-electron chi connectivity index (χ2n) is 5.42. The minimum atomic E-state index is -4.21. The molecule has 2 bridgehead atoms. The molecule has 2 rings (SSSR count). The number of hydrogen-bond donors (Lipinski definition) is 2. The van der Waals surface area contributed by atoms with Crippen molar-refractivity contribution in [3.8, 4) is 0 Å². The van der Waals surface area contributed by atoms with E-state index in [1.807, 2.05) is 0 Å². The Labute approximate surface area is 160 Å². The molecule has 2 aliphatic rings. The van der Waals surface area contributed by atoms with Crippen molar-refractivity contribution in [1.82, 2.24) is 19.8 Å². The molecule has 2 aliphatic heterocycles. The topological polar surface area (TPSA) is 165 Å². The van der Waals surface area contributed by atoms with Gasteiger partial charge in [0.2, 0.25) is 0 Å². The average Bonchev–Trinajstić information content (AvgIpc) is 2.70. The van der Waals surface area contributed by atoms with Crippen molar-refractivity contribution < 1.29 is 56.0 Å². The van der Waals surface area contributed by atoms with E-state index in [1.165, 1.54) is 13.0 Å². The van der Waals surface area contributed by atoms with E-state index in [-0.39, 0.29) is 25.4 Å². The summed E-state index contributed by atoms with van der Waals surface area (Å²) in [7, 11) is -3.12. The summed E-state index contributed by atoms with van der Waals surface area (Å²) in [6, 6.07) is -2.97. The Morgan fingerprint density at radius 2 is 2.12 bits per heavy atom. The number of carbonyl (C=O) groups excluding carboxylic acids is 3. The maximum absolute atomic E-state index is 13.2. The van der Waals surface area contributed by atoms with Gasteiger partial charge in [-0.1, -0.05) is 6.08 Å². The van der Waals surface area contributed by atoms with E-state index < -0.39 is 46.6 Å². The summed E-state index contributed by atoms with van der Waals surface area (Å²) in [6.07, 6.45) is -1.45. The first kappa shape index (κ1) is 22.3. The molecule has 0 radical (unpaired) electrons. The zero-order valence-electron chi connectivity index (χ0n) is 14.1. The molecule has 26 heavy (non-hydrogen) atoms. The SMILES string of the molecule is CC1=C[C@@H]2CN(C(=O)N2O[C@@H](F)C(=O)[O-])[C@@H]1C(=O)N(C)NS(N)(=O)=O.[Li+]. The van der Waals surface area contributed by atoms with E-state index in [2.05, 4.69) is 4.84 Å². The first-order valence-electron chi connectivity index (χ1n) is 6.80. The minimum Gasteiger partial charge on any atom is -0.544 e. The summed E-state index contributed by atoms with van der Waals surface area (Å²) in [5.74, 6) is -2.98. The van der Waals surface area contributed by atoms with Gasteiger partial charge in [0, 0.05) is 7.05 Å². The Morgan fingerprint density at radius 3 is 2.62 bits per heavy atom. The van der Waals surface area contributed by atoms with Crippen LogP contribution in [-0.4, -0.2) is 73.3 Å². The van der Waals surface area contributed by atoms with Crippen LogP contribution in [0.4, 0.5) is 9.18 Å². The molecule has 3 amide bonds. The van der Waals surface area contributed by atoms with Gasteiger partial charge in [-0.25, -0.2) is 19.2 Å². The predicted molar refractivity (Wildman–Crippen MR) is 75.3 cm³/mol. The van der Waals surface area contributed by atoms with Gasteiger partial charge in [0.25, 0.3) is 22.5 Å².